The van der Waals surface area contributed by atoms with Crippen LogP contribution in [0.1, 0.15) is 58.5 Å². The zero-order valence-electron chi connectivity index (χ0n) is 21.3. The molecule has 37 heavy (non-hydrogen) atoms. The lowest BCUT2D eigenvalue weighted by Crippen LogP contribution is -2.29. The van der Waals surface area contributed by atoms with Crippen molar-refractivity contribution in [1.29, 1.82) is 0 Å². The Balaban J connectivity index is 1.41. The highest BCUT2D eigenvalue weighted by molar-refractivity contribution is 5.99. The number of aryl methyl sites for hydroxylation is 2. The number of ether oxygens (including phenoxy) is 1. The van der Waals surface area contributed by atoms with E-state index in [2.05, 4.69) is 20.3 Å². The van der Waals surface area contributed by atoms with E-state index < -0.39 is 12.5 Å². The van der Waals surface area contributed by atoms with E-state index in [0.717, 1.165) is 23.9 Å². The summed E-state index contributed by atoms with van der Waals surface area (Å²) < 4.78 is 33.4. The van der Waals surface area contributed by atoms with Crippen molar-refractivity contribution in [3.05, 3.63) is 70.7 Å². The first-order valence-corrected chi connectivity index (χ1v) is 12.0. The fourth-order valence-corrected chi connectivity index (χ4v) is 4.28. The number of halogens is 2. The predicted molar refractivity (Wildman–Crippen MR) is 131 cm³/mol. The van der Waals surface area contributed by atoms with Crippen LogP contribution in [0, 0.1) is 13.8 Å². The minimum Gasteiger partial charge on any atom is -0.471 e. The molecule has 2 amide bonds. The van der Waals surface area contributed by atoms with Crippen molar-refractivity contribution in [2.75, 3.05) is 13.2 Å². The maximum atomic E-state index is 13.2. The molecule has 0 bridgehead atoms. The summed E-state index contributed by atoms with van der Waals surface area (Å²) in [6.07, 6.45) is 6.71. The Labute approximate surface area is 213 Å². The van der Waals surface area contributed by atoms with E-state index >= 15 is 0 Å². The molecule has 4 heterocycles. The first kappa shape index (κ1) is 26.2. The van der Waals surface area contributed by atoms with Gasteiger partial charge in [-0.25, -0.2) is 18.7 Å². The van der Waals surface area contributed by atoms with Crippen molar-refractivity contribution in [1.82, 2.24) is 29.7 Å². The molecule has 1 aliphatic rings. The standard InChI is InChI=1S/C26H30F2N6O3/c1-16-11-19(13-32-24(16)37-15-26(4,27)28)17(2)34-14-21-20(25(34)36)5-6-30-22(21)12-23(35)31-8-10-33-9-7-29-18(33)3/h5-7,9,11,13,17H,8,10,12,14-15H2,1-4H3,(H,31,35). The molecule has 0 spiro atoms. The molecule has 4 rings (SSSR count). The second-order valence-corrected chi connectivity index (χ2v) is 9.34. The van der Waals surface area contributed by atoms with Crippen molar-refractivity contribution in [2.24, 2.45) is 0 Å². The fraction of sp³-hybridized carbons (Fsp3) is 0.423. The van der Waals surface area contributed by atoms with Crippen molar-refractivity contribution in [3.8, 4) is 5.88 Å². The fourth-order valence-electron chi connectivity index (χ4n) is 4.28. The predicted octanol–water partition coefficient (Wildman–Crippen LogP) is 3.40. The van der Waals surface area contributed by atoms with Crippen LogP contribution in [0.5, 0.6) is 5.88 Å². The van der Waals surface area contributed by atoms with Crippen molar-refractivity contribution in [2.45, 2.75) is 59.2 Å². The number of fused-ring (bicyclic) bond motifs is 1. The molecule has 3 aromatic rings. The van der Waals surface area contributed by atoms with Crippen molar-refractivity contribution < 1.29 is 23.1 Å². The maximum absolute atomic E-state index is 13.2. The van der Waals surface area contributed by atoms with Gasteiger partial charge >= 0.3 is 0 Å². The molecule has 0 saturated carbocycles. The van der Waals surface area contributed by atoms with Crippen molar-refractivity contribution in [3.63, 3.8) is 0 Å². The van der Waals surface area contributed by atoms with Gasteiger partial charge in [0.25, 0.3) is 11.8 Å². The Morgan fingerprint density at radius 1 is 1.24 bits per heavy atom. The average molecular weight is 513 g/mol. The number of pyridine rings is 2. The Morgan fingerprint density at radius 2 is 2.03 bits per heavy atom. The maximum Gasteiger partial charge on any atom is 0.278 e. The number of alkyl halides is 2. The second kappa shape index (κ2) is 10.6. The highest BCUT2D eigenvalue weighted by atomic mass is 19.3. The minimum atomic E-state index is -2.96. The van der Waals surface area contributed by atoms with Gasteiger partial charge in [0.15, 0.2) is 6.61 Å². The third-order valence-corrected chi connectivity index (χ3v) is 6.35. The lowest BCUT2D eigenvalue weighted by molar-refractivity contribution is -0.120. The highest BCUT2D eigenvalue weighted by Crippen LogP contribution is 2.33. The molecule has 0 aromatic carbocycles. The molecular formula is C26H30F2N6O3. The summed E-state index contributed by atoms with van der Waals surface area (Å²) in [5.41, 5.74) is 3.16. The van der Waals surface area contributed by atoms with Crippen LogP contribution in [0.25, 0.3) is 0 Å². The normalized spacial score (nSPS) is 14.0. The quantitative estimate of drug-likeness (QED) is 0.447. The van der Waals surface area contributed by atoms with E-state index in [0.29, 0.717) is 36.5 Å². The van der Waals surface area contributed by atoms with Crippen LogP contribution in [0.4, 0.5) is 8.78 Å². The molecule has 1 unspecified atom stereocenters. The number of carbonyl (C=O) groups excluding carboxylic acids is 2. The molecule has 1 atom stereocenters. The third kappa shape index (κ3) is 6.10. The number of amides is 2. The Bertz CT molecular complexity index is 1300. The highest BCUT2D eigenvalue weighted by Gasteiger charge is 2.34. The lowest BCUT2D eigenvalue weighted by Gasteiger charge is -2.25. The van der Waals surface area contributed by atoms with Gasteiger partial charge in [0, 0.05) is 68.0 Å². The van der Waals surface area contributed by atoms with Gasteiger partial charge in [0.1, 0.15) is 5.82 Å². The van der Waals surface area contributed by atoms with Gasteiger partial charge in [-0.3, -0.25) is 14.6 Å². The summed E-state index contributed by atoms with van der Waals surface area (Å²) in [7, 11) is 0. The van der Waals surface area contributed by atoms with Crippen molar-refractivity contribution >= 4 is 11.8 Å². The molecule has 3 aromatic heterocycles. The van der Waals surface area contributed by atoms with E-state index in [1.807, 2.05) is 24.6 Å². The van der Waals surface area contributed by atoms with Gasteiger partial charge in [-0.05, 0) is 38.5 Å². The van der Waals surface area contributed by atoms with Crippen LogP contribution >= 0.6 is 0 Å². The van der Waals surface area contributed by atoms with Gasteiger partial charge in [-0.15, -0.1) is 0 Å². The van der Waals surface area contributed by atoms with E-state index in [1.165, 1.54) is 6.20 Å². The Kier molecular flexibility index (Phi) is 7.51. The SMILES string of the molecule is Cc1cc(C(C)N2Cc3c(ccnc3CC(=O)NCCn3ccnc3C)C2=O)cnc1OCC(C)(F)F. The second-order valence-electron chi connectivity index (χ2n) is 9.34. The van der Waals surface area contributed by atoms with Gasteiger partial charge in [0.05, 0.1) is 18.2 Å². The number of hydrogen-bond acceptors (Lipinski definition) is 6. The number of hydrogen-bond donors (Lipinski definition) is 1. The first-order valence-electron chi connectivity index (χ1n) is 12.0. The monoisotopic (exact) mass is 512 g/mol. The number of rotatable bonds is 10. The Morgan fingerprint density at radius 3 is 2.70 bits per heavy atom. The summed E-state index contributed by atoms with van der Waals surface area (Å²) in [6, 6.07) is 3.11. The summed E-state index contributed by atoms with van der Waals surface area (Å²) in [6.45, 7) is 6.89. The molecular weight excluding hydrogens is 482 g/mol. The third-order valence-electron chi connectivity index (χ3n) is 6.35. The molecule has 1 N–H and O–H groups in total. The first-order chi connectivity index (χ1) is 17.5. The molecule has 1 aliphatic heterocycles. The van der Waals surface area contributed by atoms with Gasteiger partial charge in [-0.2, -0.15) is 0 Å². The van der Waals surface area contributed by atoms with E-state index in [-0.39, 0.29) is 30.2 Å². The van der Waals surface area contributed by atoms with Crippen LogP contribution in [-0.2, 0) is 24.3 Å². The topological polar surface area (TPSA) is 102 Å². The molecule has 11 heteroatoms. The summed E-state index contributed by atoms with van der Waals surface area (Å²) in [5.74, 6) is -2.29. The van der Waals surface area contributed by atoms with E-state index in [9.17, 15) is 18.4 Å². The molecule has 196 valence electrons. The van der Waals surface area contributed by atoms with E-state index in [4.69, 9.17) is 4.74 Å². The number of carbonyl (C=O) groups is 2. The zero-order chi connectivity index (χ0) is 26.7. The summed E-state index contributed by atoms with van der Waals surface area (Å²) in [4.78, 5) is 40.2. The largest absolute Gasteiger partial charge is 0.471 e. The van der Waals surface area contributed by atoms with Crippen LogP contribution in [-0.4, -0.2) is 55.3 Å². The molecule has 0 radical (unpaired) electrons. The number of aromatic nitrogens is 4. The number of nitrogens with zero attached hydrogens (tertiary/aromatic N) is 5. The van der Waals surface area contributed by atoms with Crippen LogP contribution in [0.15, 0.2) is 36.9 Å². The smallest absolute Gasteiger partial charge is 0.278 e. The number of imidazole rings is 1. The van der Waals surface area contributed by atoms with Gasteiger partial charge in [-0.1, -0.05) is 0 Å². The molecule has 0 fully saturated rings. The average Bonchev–Trinajstić information content (AvgIpc) is 3.40. The van der Waals surface area contributed by atoms with Crippen LogP contribution in [0.3, 0.4) is 0 Å². The van der Waals surface area contributed by atoms with E-state index in [1.54, 1.807) is 36.4 Å². The summed E-state index contributed by atoms with van der Waals surface area (Å²) in [5, 5.41) is 2.90. The lowest BCUT2D eigenvalue weighted by atomic mass is 10.1. The minimum absolute atomic E-state index is 0.0658. The summed E-state index contributed by atoms with van der Waals surface area (Å²) >= 11 is 0. The molecule has 9 nitrogen and oxygen atoms in total. The van der Waals surface area contributed by atoms with Gasteiger partial charge < -0.3 is 19.5 Å². The van der Waals surface area contributed by atoms with Gasteiger partial charge in [0.2, 0.25) is 11.8 Å². The van der Waals surface area contributed by atoms with Crippen LogP contribution < -0.4 is 10.1 Å². The molecule has 0 aliphatic carbocycles. The zero-order valence-corrected chi connectivity index (χ0v) is 21.3. The van der Waals surface area contributed by atoms with Crippen LogP contribution in [0.2, 0.25) is 0 Å². The molecule has 0 saturated heterocycles. The Hall–Kier alpha value is -3.89. The number of nitrogens with one attached hydrogen (secondary N) is 1.